The second-order valence-corrected chi connectivity index (χ2v) is 7.29. The predicted octanol–water partition coefficient (Wildman–Crippen LogP) is 1.24. The quantitative estimate of drug-likeness (QED) is 0.584. The Labute approximate surface area is 180 Å². The Hall–Kier alpha value is -3.72. The van der Waals surface area contributed by atoms with Gasteiger partial charge >= 0.3 is 0 Å². The van der Waals surface area contributed by atoms with E-state index in [0.717, 1.165) is 31.9 Å². The Kier molecular flexibility index (Phi) is 6.53. The maximum absolute atomic E-state index is 12.2. The Morgan fingerprint density at radius 1 is 0.935 bits per heavy atom. The van der Waals surface area contributed by atoms with Gasteiger partial charge in [-0.15, -0.1) is 0 Å². The molecule has 2 amide bonds. The normalized spacial score (nSPS) is 14.3. The van der Waals surface area contributed by atoms with E-state index in [2.05, 4.69) is 42.8 Å². The van der Waals surface area contributed by atoms with Gasteiger partial charge in [-0.25, -0.2) is 9.97 Å². The van der Waals surface area contributed by atoms with Gasteiger partial charge in [-0.2, -0.15) is 0 Å². The van der Waals surface area contributed by atoms with Gasteiger partial charge < -0.3 is 9.47 Å². The van der Waals surface area contributed by atoms with Crippen molar-refractivity contribution in [3.63, 3.8) is 0 Å². The standard InChI is InChI=1S/C22H25N7O2/c30-21(8-10-27-12-14-28(15-13-27)18-4-2-1-3-5-18)25-26-22(31)20-7-6-19(16-24-20)29-11-9-23-17-29/h1-7,9,11,16-17H,8,10,12-15H2,(H,25,30)(H,26,31). The highest BCUT2D eigenvalue weighted by Crippen LogP contribution is 2.15. The van der Waals surface area contributed by atoms with Crippen molar-refractivity contribution in [1.82, 2.24) is 30.3 Å². The molecule has 2 aromatic heterocycles. The van der Waals surface area contributed by atoms with Crippen LogP contribution in [-0.2, 0) is 4.79 Å². The van der Waals surface area contributed by atoms with Crippen LogP contribution in [0.5, 0.6) is 0 Å². The molecule has 0 spiro atoms. The molecule has 1 aromatic carbocycles. The number of benzene rings is 1. The number of amides is 2. The first-order valence-corrected chi connectivity index (χ1v) is 10.2. The number of rotatable bonds is 6. The molecule has 1 aliphatic heterocycles. The van der Waals surface area contributed by atoms with Crippen LogP contribution < -0.4 is 15.8 Å². The van der Waals surface area contributed by atoms with Crippen molar-refractivity contribution in [2.24, 2.45) is 0 Å². The maximum atomic E-state index is 12.2. The number of hydrogen-bond acceptors (Lipinski definition) is 6. The van der Waals surface area contributed by atoms with Crippen molar-refractivity contribution in [2.75, 3.05) is 37.6 Å². The molecular weight excluding hydrogens is 394 g/mol. The van der Waals surface area contributed by atoms with Crippen LogP contribution in [0.3, 0.4) is 0 Å². The molecule has 3 aromatic rings. The van der Waals surface area contributed by atoms with E-state index in [0.29, 0.717) is 13.0 Å². The van der Waals surface area contributed by atoms with Crippen molar-refractivity contribution in [2.45, 2.75) is 6.42 Å². The minimum Gasteiger partial charge on any atom is -0.369 e. The van der Waals surface area contributed by atoms with Crippen LogP contribution in [0.1, 0.15) is 16.9 Å². The highest BCUT2D eigenvalue weighted by atomic mass is 16.2. The number of aromatic nitrogens is 3. The molecule has 0 unspecified atom stereocenters. The van der Waals surface area contributed by atoms with Crippen LogP contribution in [0, 0.1) is 0 Å². The van der Waals surface area contributed by atoms with Gasteiger partial charge in [0.15, 0.2) is 0 Å². The molecule has 31 heavy (non-hydrogen) atoms. The third kappa shape index (κ3) is 5.46. The highest BCUT2D eigenvalue weighted by Gasteiger charge is 2.18. The summed E-state index contributed by atoms with van der Waals surface area (Å²) in [6.45, 7) is 4.33. The van der Waals surface area contributed by atoms with E-state index in [1.54, 1.807) is 41.6 Å². The topological polar surface area (TPSA) is 95.4 Å². The Bertz CT molecular complexity index is 982. The van der Waals surface area contributed by atoms with Gasteiger partial charge in [0, 0.05) is 57.2 Å². The van der Waals surface area contributed by atoms with Gasteiger partial charge in [-0.3, -0.25) is 25.3 Å². The van der Waals surface area contributed by atoms with Crippen molar-refractivity contribution in [3.8, 4) is 5.69 Å². The van der Waals surface area contributed by atoms with E-state index >= 15 is 0 Å². The van der Waals surface area contributed by atoms with Crippen LogP contribution in [-0.4, -0.2) is 64.0 Å². The molecular formula is C22H25N7O2. The molecule has 9 heteroatoms. The summed E-state index contributed by atoms with van der Waals surface area (Å²) in [5, 5.41) is 0. The smallest absolute Gasteiger partial charge is 0.288 e. The number of nitrogens with one attached hydrogen (secondary N) is 2. The van der Waals surface area contributed by atoms with Crippen LogP contribution in [0.25, 0.3) is 5.69 Å². The zero-order valence-electron chi connectivity index (χ0n) is 17.1. The number of hydrazine groups is 1. The molecule has 0 radical (unpaired) electrons. The minimum absolute atomic E-state index is 0.223. The lowest BCUT2D eigenvalue weighted by Crippen LogP contribution is -2.48. The summed E-state index contributed by atoms with van der Waals surface area (Å²) in [6, 6.07) is 13.7. The Morgan fingerprint density at radius 2 is 1.74 bits per heavy atom. The van der Waals surface area contributed by atoms with E-state index in [9.17, 15) is 9.59 Å². The largest absolute Gasteiger partial charge is 0.369 e. The van der Waals surface area contributed by atoms with Crippen LogP contribution in [0.2, 0.25) is 0 Å². The second kappa shape index (κ2) is 9.86. The first-order chi connectivity index (χ1) is 15.2. The SMILES string of the molecule is O=C(CCN1CCN(c2ccccc2)CC1)NNC(=O)c1ccc(-n2ccnc2)cn1. The number of nitrogens with zero attached hydrogens (tertiary/aromatic N) is 5. The number of para-hydroxylation sites is 1. The molecule has 2 N–H and O–H groups in total. The van der Waals surface area contributed by atoms with Gasteiger partial charge in [0.25, 0.3) is 5.91 Å². The molecule has 0 atom stereocenters. The molecule has 0 aliphatic carbocycles. The summed E-state index contributed by atoms with van der Waals surface area (Å²) in [4.78, 5) is 37.0. The lowest BCUT2D eigenvalue weighted by atomic mass is 10.2. The fourth-order valence-corrected chi connectivity index (χ4v) is 3.47. The number of piperazine rings is 1. The molecule has 3 heterocycles. The van der Waals surface area contributed by atoms with Crippen molar-refractivity contribution in [1.29, 1.82) is 0 Å². The van der Waals surface area contributed by atoms with E-state index in [-0.39, 0.29) is 11.6 Å². The first-order valence-electron chi connectivity index (χ1n) is 10.2. The van der Waals surface area contributed by atoms with Gasteiger partial charge in [-0.05, 0) is 24.3 Å². The average Bonchev–Trinajstić information content (AvgIpc) is 3.37. The Balaban J connectivity index is 1.16. The van der Waals surface area contributed by atoms with E-state index in [1.165, 1.54) is 5.69 Å². The fraction of sp³-hybridized carbons (Fsp3) is 0.273. The van der Waals surface area contributed by atoms with Gasteiger partial charge in [0.1, 0.15) is 5.69 Å². The summed E-state index contributed by atoms with van der Waals surface area (Å²) < 4.78 is 1.79. The number of hydrogen-bond donors (Lipinski definition) is 2. The molecule has 9 nitrogen and oxygen atoms in total. The van der Waals surface area contributed by atoms with Crippen LogP contribution in [0.4, 0.5) is 5.69 Å². The molecule has 0 bridgehead atoms. The zero-order chi connectivity index (χ0) is 21.5. The lowest BCUT2D eigenvalue weighted by molar-refractivity contribution is -0.122. The van der Waals surface area contributed by atoms with E-state index < -0.39 is 5.91 Å². The lowest BCUT2D eigenvalue weighted by Gasteiger charge is -2.36. The zero-order valence-corrected chi connectivity index (χ0v) is 17.1. The monoisotopic (exact) mass is 419 g/mol. The maximum Gasteiger partial charge on any atom is 0.288 e. The third-order valence-electron chi connectivity index (χ3n) is 5.25. The molecule has 0 saturated carbocycles. The summed E-state index contributed by atoms with van der Waals surface area (Å²) in [5.41, 5.74) is 7.14. The summed E-state index contributed by atoms with van der Waals surface area (Å²) in [6.07, 6.45) is 7.00. The number of carbonyl (C=O) groups is 2. The van der Waals surface area contributed by atoms with Crippen molar-refractivity contribution >= 4 is 17.5 Å². The molecule has 1 fully saturated rings. The summed E-state index contributed by atoms with van der Waals surface area (Å²) in [5.74, 6) is -0.684. The number of anilines is 1. The Morgan fingerprint density at radius 3 is 2.42 bits per heavy atom. The van der Waals surface area contributed by atoms with E-state index in [1.807, 2.05) is 18.2 Å². The second-order valence-electron chi connectivity index (χ2n) is 7.29. The minimum atomic E-state index is -0.456. The van der Waals surface area contributed by atoms with Crippen LogP contribution in [0.15, 0.2) is 67.4 Å². The molecule has 1 saturated heterocycles. The summed E-state index contributed by atoms with van der Waals surface area (Å²) >= 11 is 0. The molecule has 4 rings (SSSR count). The fourth-order valence-electron chi connectivity index (χ4n) is 3.47. The predicted molar refractivity (Wildman–Crippen MR) is 117 cm³/mol. The van der Waals surface area contributed by atoms with Gasteiger partial charge in [0.2, 0.25) is 5.91 Å². The molecule has 1 aliphatic rings. The number of pyridine rings is 1. The number of carbonyl (C=O) groups excluding carboxylic acids is 2. The van der Waals surface area contributed by atoms with Crippen molar-refractivity contribution < 1.29 is 9.59 Å². The molecule has 160 valence electrons. The van der Waals surface area contributed by atoms with E-state index in [4.69, 9.17) is 0 Å². The van der Waals surface area contributed by atoms with Gasteiger partial charge in [-0.1, -0.05) is 18.2 Å². The summed E-state index contributed by atoms with van der Waals surface area (Å²) in [7, 11) is 0. The first kappa shape index (κ1) is 20.5. The van der Waals surface area contributed by atoms with Crippen LogP contribution >= 0.6 is 0 Å². The number of imidazole rings is 1. The highest BCUT2D eigenvalue weighted by molar-refractivity contribution is 5.93. The van der Waals surface area contributed by atoms with Gasteiger partial charge in [0.05, 0.1) is 18.2 Å². The average molecular weight is 419 g/mol. The van der Waals surface area contributed by atoms with Crippen molar-refractivity contribution in [3.05, 3.63) is 73.1 Å². The third-order valence-corrected chi connectivity index (χ3v) is 5.25.